The van der Waals surface area contributed by atoms with Gasteiger partial charge in [-0.1, -0.05) is 5.16 Å². The Morgan fingerprint density at radius 3 is 3.16 bits per heavy atom. The van der Waals surface area contributed by atoms with E-state index in [1.807, 2.05) is 11.8 Å². The molecule has 2 unspecified atom stereocenters. The van der Waals surface area contributed by atoms with Gasteiger partial charge in [-0.15, -0.1) is 0 Å². The van der Waals surface area contributed by atoms with E-state index in [4.69, 9.17) is 15.0 Å². The molecule has 3 N–H and O–H groups in total. The third-order valence-corrected chi connectivity index (χ3v) is 3.03. The fourth-order valence-corrected chi connectivity index (χ4v) is 2.00. The fraction of sp³-hybridized carbons (Fsp3) is 0.667. The van der Waals surface area contributed by atoms with Crippen LogP contribution in [-0.2, 0) is 9.53 Å². The molecular weight excluding hydrogens is 248 g/mol. The van der Waals surface area contributed by atoms with Crippen LogP contribution in [0.4, 0.5) is 5.82 Å². The van der Waals surface area contributed by atoms with E-state index in [-0.39, 0.29) is 18.1 Å². The number of morpholine rings is 1. The van der Waals surface area contributed by atoms with Gasteiger partial charge in [-0.3, -0.25) is 9.69 Å². The number of amides is 1. The number of ether oxygens (including phenoxy) is 1. The van der Waals surface area contributed by atoms with Gasteiger partial charge < -0.3 is 20.3 Å². The second-order valence-electron chi connectivity index (χ2n) is 4.87. The Bertz CT molecular complexity index is 432. The van der Waals surface area contributed by atoms with Crippen LogP contribution < -0.4 is 11.1 Å². The van der Waals surface area contributed by atoms with E-state index in [0.717, 1.165) is 6.54 Å². The summed E-state index contributed by atoms with van der Waals surface area (Å²) in [4.78, 5) is 13.9. The van der Waals surface area contributed by atoms with Gasteiger partial charge in [0.1, 0.15) is 5.76 Å². The molecule has 2 rings (SSSR count). The van der Waals surface area contributed by atoms with Crippen molar-refractivity contribution in [2.75, 3.05) is 31.6 Å². The van der Waals surface area contributed by atoms with Crippen LogP contribution in [0.3, 0.4) is 0 Å². The molecule has 1 saturated heterocycles. The predicted octanol–water partition coefficient (Wildman–Crippen LogP) is -0.0305. The molecule has 1 amide bonds. The maximum Gasteiger partial charge on any atom is 0.239 e. The normalized spacial score (nSPS) is 22.2. The smallest absolute Gasteiger partial charge is 0.239 e. The van der Waals surface area contributed by atoms with Gasteiger partial charge >= 0.3 is 0 Å². The zero-order valence-electron chi connectivity index (χ0n) is 11.3. The summed E-state index contributed by atoms with van der Waals surface area (Å²) in [7, 11) is 0. The Balaban J connectivity index is 1.81. The number of hydrogen-bond acceptors (Lipinski definition) is 6. The predicted molar refractivity (Wildman–Crippen MR) is 69.7 cm³/mol. The molecule has 0 bridgehead atoms. The topological polar surface area (TPSA) is 93.6 Å². The molecule has 19 heavy (non-hydrogen) atoms. The van der Waals surface area contributed by atoms with Crippen molar-refractivity contribution in [3.8, 4) is 0 Å². The third-order valence-electron chi connectivity index (χ3n) is 3.03. The van der Waals surface area contributed by atoms with Gasteiger partial charge in [0, 0.05) is 25.2 Å². The van der Waals surface area contributed by atoms with Crippen molar-refractivity contribution in [2.45, 2.75) is 26.0 Å². The summed E-state index contributed by atoms with van der Waals surface area (Å²) in [5.74, 6) is 0.997. The number of aryl methyl sites for hydroxylation is 1. The van der Waals surface area contributed by atoms with E-state index in [2.05, 4.69) is 10.5 Å². The second kappa shape index (κ2) is 6.14. The Morgan fingerprint density at radius 1 is 1.74 bits per heavy atom. The van der Waals surface area contributed by atoms with E-state index < -0.39 is 0 Å². The van der Waals surface area contributed by atoms with E-state index in [9.17, 15) is 4.79 Å². The lowest BCUT2D eigenvalue weighted by Crippen LogP contribution is -2.51. The summed E-state index contributed by atoms with van der Waals surface area (Å²) in [6.07, 6.45) is -0.0177. The molecule has 0 radical (unpaired) electrons. The molecule has 2 heterocycles. The average Bonchev–Trinajstić information content (AvgIpc) is 2.74. The molecular formula is C12H20N4O3. The highest BCUT2D eigenvalue weighted by Gasteiger charge is 2.24. The van der Waals surface area contributed by atoms with Crippen molar-refractivity contribution in [2.24, 2.45) is 5.73 Å². The van der Waals surface area contributed by atoms with Gasteiger partial charge in [-0.05, 0) is 13.8 Å². The quantitative estimate of drug-likeness (QED) is 0.796. The zero-order valence-corrected chi connectivity index (χ0v) is 11.3. The summed E-state index contributed by atoms with van der Waals surface area (Å²) in [6.45, 7) is 5.99. The lowest BCUT2D eigenvalue weighted by molar-refractivity contribution is -0.119. The minimum absolute atomic E-state index is 0.0177. The van der Waals surface area contributed by atoms with Crippen molar-refractivity contribution in [1.29, 1.82) is 0 Å². The molecule has 0 saturated carbocycles. The van der Waals surface area contributed by atoms with Crippen LogP contribution in [-0.4, -0.2) is 54.4 Å². The minimum Gasteiger partial charge on any atom is -0.374 e. The lowest BCUT2D eigenvalue weighted by atomic mass is 10.1. The van der Waals surface area contributed by atoms with Gasteiger partial charge in [0.25, 0.3) is 0 Å². The average molecular weight is 268 g/mol. The summed E-state index contributed by atoms with van der Waals surface area (Å²) >= 11 is 0. The highest BCUT2D eigenvalue weighted by Crippen LogP contribution is 2.09. The Kier molecular flexibility index (Phi) is 4.52. The van der Waals surface area contributed by atoms with E-state index >= 15 is 0 Å². The first-order chi connectivity index (χ1) is 9.04. The van der Waals surface area contributed by atoms with Crippen molar-refractivity contribution in [3.05, 3.63) is 11.8 Å². The van der Waals surface area contributed by atoms with Crippen molar-refractivity contribution < 1.29 is 14.1 Å². The number of aromatic nitrogens is 1. The molecule has 0 aliphatic carbocycles. The third kappa shape index (κ3) is 4.02. The second-order valence-corrected chi connectivity index (χ2v) is 4.87. The van der Waals surface area contributed by atoms with Gasteiger partial charge in [-0.2, -0.15) is 0 Å². The molecule has 106 valence electrons. The van der Waals surface area contributed by atoms with Crippen LogP contribution in [0.1, 0.15) is 12.7 Å². The molecule has 2 atom stereocenters. The summed E-state index contributed by atoms with van der Waals surface area (Å²) in [5, 5.41) is 6.42. The molecule has 0 spiro atoms. The highest BCUT2D eigenvalue weighted by molar-refractivity contribution is 5.91. The first-order valence-corrected chi connectivity index (χ1v) is 6.37. The van der Waals surface area contributed by atoms with Crippen LogP contribution in [0.15, 0.2) is 10.6 Å². The van der Waals surface area contributed by atoms with E-state index in [1.54, 1.807) is 13.0 Å². The monoisotopic (exact) mass is 268 g/mol. The maximum absolute atomic E-state index is 11.9. The molecule has 1 aliphatic heterocycles. The summed E-state index contributed by atoms with van der Waals surface area (Å²) in [5.41, 5.74) is 5.81. The van der Waals surface area contributed by atoms with Gasteiger partial charge in [0.2, 0.25) is 5.91 Å². The number of nitrogens with two attached hydrogens (primary N) is 1. The van der Waals surface area contributed by atoms with Crippen molar-refractivity contribution in [3.63, 3.8) is 0 Å². The molecule has 1 aromatic heterocycles. The zero-order chi connectivity index (χ0) is 13.8. The Morgan fingerprint density at radius 2 is 2.53 bits per heavy atom. The first-order valence-electron chi connectivity index (χ1n) is 6.37. The number of hydrogen-bond donors (Lipinski definition) is 2. The Hall–Kier alpha value is -1.44. The first kappa shape index (κ1) is 14.0. The number of nitrogens with one attached hydrogen (secondary N) is 1. The van der Waals surface area contributed by atoms with Gasteiger partial charge in [0.05, 0.1) is 19.3 Å². The van der Waals surface area contributed by atoms with Crippen molar-refractivity contribution in [1.82, 2.24) is 10.1 Å². The maximum atomic E-state index is 11.9. The van der Waals surface area contributed by atoms with Gasteiger partial charge in [0.15, 0.2) is 5.82 Å². The fourth-order valence-electron chi connectivity index (χ4n) is 2.00. The molecule has 1 aromatic rings. The molecule has 7 nitrogen and oxygen atoms in total. The molecule has 7 heteroatoms. The van der Waals surface area contributed by atoms with Crippen LogP contribution >= 0.6 is 0 Å². The van der Waals surface area contributed by atoms with Gasteiger partial charge in [-0.25, -0.2) is 0 Å². The minimum atomic E-state index is -0.112. The number of anilines is 1. The summed E-state index contributed by atoms with van der Waals surface area (Å²) < 4.78 is 10.4. The summed E-state index contributed by atoms with van der Waals surface area (Å²) in [6, 6.07) is 1.64. The number of nitrogens with zero attached hydrogens (tertiary/aromatic N) is 2. The molecule has 1 aliphatic rings. The number of carbonyl (C=O) groups excluding carboxylic acids is 1. The van der Waals surface area contributed by atoms with Crippen LogP contribution in [0, 0.1) is 6.92 Å². The van der Waals surface area contributed by atoms with E-state index in [1.165, 1.54) is 0 Å². The van der Waals surface area contributed by atoms with Crippen LogP contribution in [0.25, 0.3) is 0 Å². The number of carbonyl (C=O) groups is 1. The molecule has 1 fully saturated rings. The Labute approximate surface area is 112 Å². The van der Waals surface area contributed by atoms with Crippen molar-refractivity contribution >= 4 is 11.7 Å². The molecule has 0 aromatic carbocycles. The van der Waals surface area contributed by atoms with Crippen LogP contribution in [0.5, 0.6) is 0 Å². The lowest BCUT2D eigenvalue weighted by Gasteiger charge is -2.34. The highest BCUT2D eigenvalue weighted by atomic mass is 16.5. The SMILES string of the molecule is Cc1cc(NC(=O)CN2CCOC(C(C)N)C2)no1. The van der Waals surface area contributed by atoms with E-state index in [0.29, 0.717) is 31.3 Å². The number of rotatable bonds is 4. The largest absolute Gasteiger partial charge is 0.374 e. The standard InChI is InChI=1S/C12H20N4O3/c1-8-5-11(15-19-8)14-12(17)7-16-3-4-18-10(6-16)9(2)13/h5,9-10H,3-4,6-7,13H2,1-2H3,(H,14,15,17). The van der Waals surface area contributed by atoms with Crippen LogP contribution in [0.2, 0.25) is 0 Å².